The molecule has 1 saturated heterocycles. The van der Waals surface area contributed by atoms with Crippen LogP contribution in [0.25, 0.3) is 0 Å². The second-order valence-electron chi connectivity index (χ2n) is 13.0. The molecule has 1 aliphatic rings. The lowest BCUT2D eigenvalue weighted by molar-refractivity contribution is -0.156. The van der Waals surface area contributed by atoms with Crippen molar-refractivity contribution in [1.82, 2.24) is 31.5 Å². The molecule has 6 amide bonds. The Balaban J connectivity index is 2.61. The third-order valence-corrected chi connectivity index (χ3v) is 7.47. The monoisotopic (exact) mass is 685 g/mol. The molecule has 0 spiro atoms. The molecule has 1 heterocycles. The van der Waals surface area contributed by atoms with Gasteiger partial charge < -0.3 is 51.4 Å². The molecule has 0 aromatic carbocycles. The zero-order valence-electron chi connectivity index (χ0n) is 29.6. The second kappa shape index (κ2) is 23.0. The van der Waals surface area contributed by atoms with Gasteiger partial charge in [0.15, 0.2) is 0 Å². The van der Waals surface area contributed by atoms with Gasteiger partial charge in [-0.3, -0.25) is 24.0 Å². The highest BCUT2D eigenvalue weighted by atomic mass is 16.6. The average Bonchev–Trinajstić information content (AvgIpc) is 3.01. The molecule has 0 bridgehead atoms. The van der Waals surface area contributed by atoms with Crippen LogP contribution in [-0.2, 0) is 38.2 Å². The first kappa shape index (κ1) is 42.5. The zero-order valence-corrected chi connectivity index (χ0v) is 29.6. The number of nitrogens with zero attached hydrogens (tertiary/aromatic N) is 1. The maximum atomic E-state index is 13.3. The highest BCUT2D eigenvalue weighted by Gasteiger charge is 2.30. The van der Waals surface area contributed by atoms with Crippen LogP contribution in [0.5, 0.6) is 0 Å². The van der Waals surface area contributed by atoms with Gasteiger partial charge in [0.1, 0.15) is 17.7 Å². The summed E-state index contributed by atoms with van der Waals surface area (Å²) >= 11 is 0. The molecule has 0 aliphatic carbocycles. The van der Waals surface area contributed by atoms with Gasteiger partial charge in [-0.15, -0.1) is 0 Å². The average molecular weight is 686 g/mol. The van der Waals surface area contributed by atoms with E-state index in [-0.39, 0.29) is 69.3 Å². The van der Waals surface area contributed by atoms with Gasteiger partial charge in [-0.2, -0.15) is 0 Å². The Morgan fingerprint density at radius 2 is 1.54 bits per heavy atom. The number of ether oxygens (including phenoxy) is 3. The number of nitrogens with one attached hydrogen (secondary N) is 5. The summed E-state index contributed by atoms with van der Waals surface area (Å²) in [7, 11) is 1.45. The Kier molecular flexibility index (Phi) is 20.3. The van der Waals surface area contributed by atoms with Gasteiger partial charge in [-0.05, 0) is 65.5 Å². The molecular weight excluding hydrogens is 626 g/mol. The highest BCUT2D eigenvalue weighted by Crippen LogP contribution is 2.15. The fourth-order valence-corrected chi connectivity index (χ4v) is 5.03. The quantitative estimate of drug-likeness (QED) is 0.0658. The molecule has 0 aromatic rings. The van der Waals surface area contributed by atoms with E-state index in [1.807, 2.05) is 20.8 Å². The number of amides is 6. The standard InChI is InChI=1S/C32H59N7O9/c1-22(2)28(30(44)37-24(29(43)34-6)8-7-14-36-31(33)45)38-25(40)9-10-26(41)39(23-11-15-35-16-12-23)17-19-47-21-20-46-18-13-27(42)48-32(3,4)5/h22-24,28,35H,7-21H2,1-6H3,(H,34,43)(H,37,44)(H,38,40)(H3,33,36,45)/t24-,28-/m0/s1. The molecule has 0 saturated carbocycles. The first-order valence-corrected chi connectivity index (χ1v) is 16.9. The number of rotatable bonds is 22. The van der Waals surface area contributed by atoms with Gasteiger partial charge in [0.25, 0.3) is 0 Å². The number of primary amides is 1. The Labute approximate surface area is 284 Å². The molecular formula is C32H59N7O9. The summed E-state index contributed by atoms with van der Waals surface area (Å²) in [5, 5.41) is 13.7. The number of urea groups is 1. The molecule has 48 heavy (non-hydrogen) atoms. The van der Waals surface area contributed by atoms with Crippen LogP contribution in [0.4, 0.5) is 4.79 Å². The van der Waals surface area contributed by atoms with Crippen molar-refractivity contribution >= 4 is 35.6 Å². The van der Waals surface area contributed by atoms with Crippen molar-refractivity contribution in [3.63, 3.8) is 0 Å². The minimum atomic E-state index is -0.927. The van der Waals surface area contributed by atoms with Crippen LogP contribution in [0.1, 0.15) is 79.6 Å². The van der Waals surface area contributed by atoms with Crippen molar-refractivity contribution in [2.75, 3.05) is 59.7 Å². The number of carbonyl (C=O) groups is 6. The lowest BCUT2D eigenvalue weighted by atomic mass is 10.0. The predicted octanol–water partition coefficient (Wildman–Crippen LogP) is -0.0677. The number of hydrogen-bond donors (Lipinski definition) is 6. The summed E-state index contributed by atoms with van der Waals surface area (Å²) in [6.45, 7) is 12.2. The van der Waals surface area contributed by atoms with Crippen LogP contribution in [-0.4, -0.2) is 124 Å². The Morgan fingerprint density at radius 1 is 0.896 bits per heavy atom. The van der Waals surface area contributed by atoms with E-state index in [1.54, 1.807) is 18.7 Å². The fourth-order valence-electron chi connectivity index (χ4n) is 5.03. The molecule has 2 atom stereocenters. The normalized spacial score (nSPS) is 14.8. The molecule has 0 radical (unpaired) electrons. The van der Waals surface area contributed by atoms with Gasteiger partial charge in [0.05, 0.1) is 32.8 Å². The maximum absolute atomic E-state index is 13.3. The molecule has 7 N–H and O–H groups in total. The van der Waals surface area contributed by atoms with E-state index in [4.69, 9.17) is 19.9 Å². The number of carbonyl (C=O) groups excluding carboxylic acids is 6. The van der Waals surface area contributed by atoms with E-state index >= 15 is 0 Å². The number of piperidine rings is 1. The van der Waals surface area contributed by atoms with Crippen molar-refractivity contribution in [1.29, 1.82) is 0 Å². The summed E-state index contributed by atoms with van der Waals surface area (Å²) in [6, 6.07) is -2.46. The van der Waals surface area contributed by atoms with Crippen molar-refractivity contribution in [3.05, 3.63) is 0 Å². The predicted molar refractivity (Wildman–Crippen MR) is 179 cm³/mol. The molecule has 1 fully saturated rings. The SMILES string of the molecule is CNC(=O)[C@H](CCCNC(N)=O)NC(=O)[C@@H](NC(=O)CCC(=O)N(CCOCCOCCC(=O)OC(C)(C)C)C1CCNCC1)C(C)C. The lowest BCUT2D eigenvalue weighted by Gasteiger charge is -2.35. The third kappa shape index (κ3) is 18.7. The van der Waals surface area contributed by atoms with Gasteiger partial charge in [-0.25, -0.2) is 4.79 Å². The Hall–Kier alpha value is -3.50. The Morgan fingerprint density at radius 3 is 2.12 bits per heavy atom. The number of likely N-dealkylation sites (N-methyl/N-ethyl adjacent to an activating group) is 1. The van der Waals surface area contributed by atoms with Gasteiger partial charge in [0.2, 0.25) is 23.6 Å². The second-order valence-corrected chi connectivity index (χ2v) is 13.0. The number of esters is 1. The van der Waals surface area contributed by atoms with E-state index < -0.39 is 41.4 Å². The molecule has 16 heteroatoms. The van der Waals surface area contributed by atoms with E-state index in [0.717, 1.165) is 25.9 Å². The van der Waals surface area contributed by atoms with Gasteiger partial charge >= 0.3 is 12.0 Å². The zero-order chi connectivity index (χ0) is 36.1. The molecule has 0 aromatic heterocycles. The van der Waals surface area contributed by atoms with Crippen LogP contribution in [0, 0.1) is 5.92 Å². The largest absolute Gasteiger partial charge is 0.460 e. The van der Waals surface area contributed by atoms with E-state index in [0.29, 0.717) is 26.2 Å². The Bertz CT molecular complexity index is 1030. The van der Waals surface area contributed by atoms with Gasteiger partial charge in [-0.1, -0.05) is 13.8 Å². The van der Waals surface area contributed by atoms with E-state index in [2.05, 4.69) is 26.6 Å². The van der Waals surface area contributed by atoms with Crippen molar-refractivity contribution in [2.45, 2.75) is 103 Å². The van der Waals surface area contributed by atoms with Crippen LogP contribution in [0.3, 0.4) is 0 Å². The van der Waals surface area contributed by atoms with Crippen LogP contribution < -0.4 is 32.3 Å². The van der Waals surface area contributed by atoms with Crippen LogP contribution in [0.2, 0.25) is 0 Å². The molecule has 1 rings (SSSR count). The third-order valence-electron chi connectivity index (χ3n) is 7.47. The summed E-state index contributed by atoms with van der Waals surface area (Å²) in [5.74, 6) is -2.18. The number of nitrogens with two attached hydrogens (primary N) is 1. The topological polar surface area (TPSA) is 220 Å². The summed E-state index contributed by atoms with van der Waals surface area (Å²) < 4.78 is 16.4. The van der Waals surface area contributed by atoms with E-state index in [9.17, 15) is 28.8 Å². The minimum Gasteiger partial charge on any atom is -0.460 e. The first-order chi connectivity index (χ1) is 22.6. The van der Waals surface area contributed by atoms with Crippen LogP contribution >= 0.6 is 0 Å². The molecule has 16 nitrogen and oxygen atoms in total. The number of hydrogen-bond acceptors (Lipinski definition) is 10. The maximum Gasteiger partial charge on any atom is 0.312 e. The van der Waals surface area contributed by atoms with E-state index in [1.165, 1.54) is 7.05 Å². The fraction of sp³-hybridized carbons (Fsp3) is 0.812. The van der Waals surface area contributed by atoms with Crippen LogP contribution in [0.15, 0.2) is 0 Å². The summed E-state index contributed by atoms with van der Waals surface area (Å²) in [6.07, 6.45) is 2.21. The van der Waals surface area contributed by atoms with Crippen molar-refractivity contribution in [2.24, 2.45) is 11.7 Å². The molecule has 1 aliphatic heterocycles. The summed E-state index contributed by atoms with van der Waals surface area (Å²) in [5.41, 5.74) is 4.53. The highest BCUT2D eigenvalue weighted by molar-refractivity contribution is 5.92. The molecule has 0 unspecified atom stereocenters. The summed E-state index contributed by atoms with van der Waals surface area (Å²) in [4.78, 5) is 76.2. The first-order valence-electron chi connectivity index (χ1n) is 16.9. The van der Waals surface area contributed by atoms with Gasteiger partial charge in [0, 0.05) is 39.0 Å². The van der Waals surface area contributed by atoms with Crippen molar-refractivity contribution < 1.29 is 43.0 Å². The smallest absolute Gasteiger partial charge is 0.312 e. The minimum absolute atomic E-state index is 0.0181. The lowest BCUT2D eigenvalue weighted by Crippen LogP contribution is -2.55. The molecule has 276 valence electrons. The van der Waals surface area contributed by atoms with Crippen molar-refractivity contribution in [3.8, 4) is 0 Å².